The van der Waals surface area contributed by atoms with Crippen molar-refractivity contribution < 1.29 is 9.53 Å². The molecule has 1 aromatic rings. The molecule has 0 spiro atoms. The summed E-state index contributed by atoms with van der Waals surface area (Å²) in [4.78, 5) is 11.3. The SMILES string of the molecule is CCc1c(I)cccc1C(=O)OC. The van der Waals surface area contributed by atoms with Crippen LogP contribution < -0.4 is 0 Å². The first-order chi connectivity index (χ1) is 6.20. The quantitative estimate of drug-likeness (QED) is 0.618. The molecule has 13 heavy (non-hydrogen) atoms. The van der Waals surface area contributed by atoms with Crippen LogP contribution in [0.1, 0.15) is 22.8 Å². The van der Waals surface area contributed by atoms with Gasteiger partial charge in [0.1, 0.15) is 0 Å². The maximum Gasteiger partial charge on any atom is 0.338 e. The van der Waals surface area contributed by atoms with E-state index in [1.54, 1.807) is 6.07 Å². The summed E-state index contributed by atoms with van der Waals surface area (Å²) in [7, 11) is 1.40. The molecule has 0 fully saturated rings. The molecule has 0 aromatic heterocycles. The van der Waals surface area contributed by atoms with Gasteiger partial charge in [-0.25, -0.2) is 4.79 Å². The summed E-state index contributed by atoms with van der Waals surface area (Å²) in [6.07, 6.45) is 0.851. The second-order valence-electron chi connectivity index (χ2n) is 2.61. The van der Waals surface area contributed by atoms with Crippen molar-refractivity contribution in [3.05, 3.63) is 32.9 Å². The van der Waals surface area contributed by atoms with Gasteiger partial charge in [-0.1, -0.05) is 13.0 Å². The fraction of sp³-hybridized carbons (Fsp3) is 0.300. The van der Waals surface area contributed by atoms with Crippen molar-refractivity contribution in [1.29, 1.82) is 0 Å². The Hall–Kier alpha value is -0.580. The number of methoxy groups -OCH3 is 1. The number of hydrogen-bond donors (Lipinski definition) is 0. The third kappa shape index (κ3) is 2.21. The van der Waals surface area contributed by atoms with Crippen molar-refractivity contribution in [3.63, 3.8) is 0 Å². The summed E-state index contributed by atoms with van der Waals surface area (Å²) in [6, 6.07) is 5.66. The molecule has 70 valence electrons. The van der Waals surface area contributed by atoms with Gasteiger partial charge in [0.25, 0.3) is 0 Å². The van der Waals surface area contributed by atoms with Gasteiger partial charge in [0.15, 0.2) is 0 Å². The van der Waals surface area contributed by atoms with Crippen molar-refractivity contribution in [1.82, 2.24) is 0 Å². The van der Waals surface area contributed by atoms with E-state index in [1.165, 1.54) is 7.11 Å². The standard InChI is InChI=1S/C10H11IO2/c1-3-7-8(10(12)13-2)5-4-6-9(7)11/h4-6H,3H2,1-2H3. The highest BCUT2D eigenvalue weighted by atomic mass is 127. The summed E-state index contributed by atoms with van der Waals surface area (Å²) in [6.45, 7) is 2.03. The summed E-state index contributed by atoms with van der Waals surface area (Å²) in [5.74, 6) is -0.254. The topological polar surface area (TPSA) is 26.3 Å². The number of ether oxygens (including phenoxy) is 1. The number of carbonyl (C=O) groups excluding carboxylic acids is 1. The minimum Gasteiger partial charge on any atom is -0.465 e. The molecule has 0 atom stereocenters. The normalized spacial score (nSPS) is 9.77. The van der Waals surface area contributed by atoms with Gasteiger partial charge in [0.05, 0.1) is 12.7 Å². The van der Waals surface area contributed by atoms with Crippen LogP contribution in [0.15, 0.2) is 18.2 Å². The van der Waals surface area contributed by atoms with E-state index in [0.29, 0.717) is 5.56 Å². The van der Waals surface area contributed by atoms with Gasteiger partial charge in [-0.05, 0) is 46.7 Å². The molecule has 0 amide bonds. The minimum atomic E-state index is -0.254. The Morgan fingerprint density at radius 2 is 2.23 bits per heavy atom. The first-order valence-corrected chi connectivity index (χ1v) is 5.14. The third-order valence-corrected chi connectivity index (χ3v) is 2.89. The summed E-state index contributed by atoms with van der Waals surface area (Å²) in [5, 5.41) is 0. The summed E-state index contributed by atoms with van der Waals surface area (Å²) >= 11 is 2.23. The molecule has 0 unspecified atom stereocenters. The van der Waals surface area contributed by atoms with Gasteiger partial charge in [0, 0.05) is 3.57 Å². The molecular formula is C10H11IO2. The third-order valence-electron chi connectivity index (χ3n) is 1.88. The van der Waals surface area contributed by atoms with Gasteiger partial charge in [-0.3, -0.25) is 0 Å². The molecule has 1 rings (SSSR count). The number of halogens is 1. The van der Waals surface area contributed by atoms with Crippen LogP contribution in [0.4, 0.5) is 0 Å². The number of esters is 1. The fourth-order valence-electron chi connectivity index (χ4n) is 1.22. The monoisotopic (exact) mass is 290 g/mol. The second-order valence-corrected chi connectivity index (χ2v) is 3.77. The van der Waals surface area contributed by atoms with Crippen LogP contribution in [0.25, 0.3) is 0 Å². The van der Waals surface area contributed by atoms with E-state index < -0.39 is 0 Å². The van der Waals surface area contributed by atoms with Crippen LogP contribution >= 0.6 is 22.6 Å². The smallest absolute Gasteiger partial charge is 0.338 e. The lowest BCUT2D eigenvalue weighted by molar-refractivity contribution is 0.0599. The van der Waals surface area contributed by atoms with Crippen LogP contribution in [0.2, 0.25) is 0 Å². The number of rotatable bonds is 2. The highest BCUT2D eigenvalue weighted by molar-refractivity contribution is 14.1. The predicted octanol–water partition coefficient (Wildman–Crippen LogP) is 2.64. The van der Waals surface area contributed by atoms with E-state index in [1.807, 2.05) is 19.1 Å². The van der Waals surface area contributed by atoms with E-state index in [0.717, 1.165) is 15.6 Å². The number of hydrogen-bond acceptors (Lipinski definition) is 2. The molecule has 0 heterocycles. The molecule has 0 saturated heterocycles. The van der Waals surface area contributed by atoms with Gasteiger partial charge in [0.2, 0.25) is 0 Å². The van der Waals surface area contributed by atoms with Gasteiger partial charge in [-0.15, -0.1) is 0 Å². The van der Waals surface area contributed by atoms with Gasteiger partial charge >= 0.3 is 5.97 Å². The Kier molecular flexibility index (Phi) is 3.71. The van der Waals surface area contributed by atoms with E-state index in [-0.39, 0.29) is 5.97 Å². The molecular weight excluding hydrogens is 279 g/mol. The Balaban J connectivity index is 3.20. The van der Waals surface area contributed by atoms with Crippen molar-refractivity contribution in [2.45, 2.75) is 13.3 Å². The number of benzene rings is 1. The lowest BCUT2D eigenvalue weighted by atomic mass is 10.1. The maximum absolute atomic E-state index is 11.3. The molecule has 0 bridgehead atoms. The van der Waals surface area contributed by atoms with Crippen LogP contribution in [-0.2, 0) is 11.2 Å². The summed E-state index contributed by atoms with van der Waals surface area (Å²) < 4.78 is 5.81. The Morgan fingerprint density at radius 1 is 1.54 bits per heavy atom. The average molecular weight is 290 g/mol. The van der Waals surface area contributed by atoms with E-state index in [9.17, 15) is 4.79 Å². The molecule has 0 N–H and O–H groups in total. The highest BCUT2D eigenvalue weighted by Crippen LogP contribution is 2.18. The lowest BCUT2D eigenvalue weighted by Crippen LogP contribution is -2.06. The van der Waals surface area contributed by atoms with Crippen LogP contribution in [0.5, 0.6) is 0 Å². The molecule has 1 aromatic carbocycles. The van der Waals surface area contributed by atoms with Crippen LogP contribution in [0.3, 0.4) is 0 Å². The van der Waals surface area contributed by atoms with Crippen molar-refractivity contribution in [3.8, 4) is 0 Å². The zero-order valence-corrected chi connectivity index (χ0v) is 9.79. The zero-order chi connectivity index (χ0) is 9.84. The molecule has 0 aliphatic rings. The summed E-state index contributed by atoms with van der Waals surface area (Å²) in [5.41, 5.74) is 1.74. The Labute approximate surface area is 91.4 Å². The van der Waals surface area contributed by atoms with Crippen molar-refractivity contribution in [2.24, 2.45) is 0 Å². The van der Waals surface area contributed by atoms with E-state index in [4.69, 9.17) is 4.74 Å². The van der Waals surface area contributed by atoms with Gasteiger partial charge < -0.3 is 4.74 Å². The first-order valence-electron chi connectivity index (χ1n) is 4.06. The Bertz CT molecular complexity index is 321. The zero-order valence-electron chi connectivity index (χ0n) is 7.63. The second kappa shape index (κ2) is 4.60. The number of carbonyl (C=O) groups is 1. The predicted molar refractivity (Wildman–Crippen MR) is 59.9 cm³/mol. The van der Waals surface area contributed by atoms with Crippen LogP contribution in [0, 0.1) is 3.57 Å². The van der Waals surface area contributed by atoms with Crippen molar-refractivity contribution in [2.75, 3.05) is 7.11 Å². The molecule has 0 radical (unpaired) electrons. The maximum atomic E-state index is 11.3. The van der Waals surface area contributed by atoms with E-state index >= 15 is 0 Å². The van der Waals surface area contributed by atoms with Crippen molar-refractivity contribution >= 4 is 28.6 Å². The molecule has 0 saturated carbocycles. The molecule has 3 heteroatoms. The van der Waals surface area contributed by atoms with Crippen LogP contribution in [-0.4, -0.2) is 13.1 Å². The molecule has 2 nitrogen and oxygen atoms in total. The lowest BCUT2D eigenvalue weighted by Gasteiger charge is -2.07. The molecule has 0 aliphatic carbocycles. The Morgan fingerprint density at radius 3 is 2.77 bits per heavy atom. The van der Waals surface area contributed by atoms with Gasteiger partial charge in [-0.2, -0.15) is 0 Å². The highest BCUT2D eigenvalue weighted by Gasteiger charge is 2.11. The van der Waals surface area contributed by atoms with E-state index in [2.05, 4.69) is 22.6 Å². The first kappa shape index (κ1) is 10.5. The largest absolute Gasteiger partial charge is 0.465 e. The minimum absolute atomic E-state index is 0.254. The molecule has 0 aliphatic heterocycles. The fourth-order valence-corrected chi connectivity index (χ4v) is 2.10. The average Bonchev–Trinajstić information content (AvgIpc) is 2.16.